The Morgan fingerprint density at radius 2 is 1.71 bits per heavy atom. The zero-order chi connectivity index (χ0) is 15.5. The molecule has 0 unspecified atom stereocenters. The van der Waals surface area contributed by atoms with Crippen LogP contribution >= 0.6 is 0 Å². The third-order valence-electron chi connectivity index (χ3n) is 4.50. The van der Waals surface area contributed by atoms with Gasteiger partial charge in [0.05, 0.1) is 4.90 Å². The van der Waals surface area contributed by atoms with Gasteiger partial charge in [-0.2, -0.15) is 4.31 Å². The predicted molar refractivity (Wildman–Crippen MR) is 83.6 cm³/mol. The molecule has 1 N–H and O–H groups in total. The molecule has 0 spiro atoms. The van der Waals surface area contributed by atoms with Gasteiger partial charge in [0.2, 0.25) is 10.0 Å². The van der Waals surface area contributed by atoms with E-state index in [1.165, 1.54) is 0 Å². The van der Waals surface area contributed by atoms with Crippen LogP contribution in [-0.4, -0.2) is 37.5 Å². The molecule has 1 aliphatic rings. The third kappa shape index (κ3) is 3.84. The molecule has 0 bridgehead atoms. The fraction of sp³-hybridized carbons (Fsp3) is 0.625. The normalized spacial score (nSPS) is 23.4. The lowest BCUT2D eigenvalue weighted by atomic mass is 9.87. The Balaban J connectivity index is 2.13. The number of rotatable bonds is 5. The minimum atomic E-state index is -3.42. The van der Waals surface area contributed by atoms with E-state index in [9.17, 15) is 8.42 Å². The maximum Gasteiger partial charge on any atom is 0.243 e. The third-order valence-corrected chi connectivity index (χ3v) is 6.42. The van der Waals surface area contributed by atoms with Crippen LogP contribution in [0.4, 0.5) is 0 Å². The van der Waals surface area contributed by atoms with Crippen molar-refractivity contribution in [1.29, 1.82) is 0 Å². The highest BCUT2D eigenvalue weighted by Gasteiger charge is 2.30. The van der Waals surface area contributed by atoms with E-state index in [4.69, 9.17) is 5.11 Å². The van der Waals surface area contributed by atoms with Gasteiger partial charge < -0.3 is 5.11 Å². The van der Waals surface area contributed by atoms with Gasteiger partial charge in [-0.25, -0.2) is 8.42 Å². The predicted octanol–water partition coefficient (Wildman–Crippen LogP) is 2.42. The summed E-state index contributed by atoms with van der Waals surface area (Å²) in [5, 5.41) is 8.90. The average Bonchev–Trinajstić information content (AvgIpc) is 2.48. The first kappa shape index (κ1) is 16.5. The van der Waals surface area contributed by atoms with E-state index < -0.39 is 10.0 Å². The Labute approximate surface area is 127 Å². The zero-order valence-electron chi connectivity index (χ0n) is 12.8. The summed E-state index contributed by atoms with van der Waals surface area (Å²) in [6.07, 6.45) is 4.63. The van der Waals surface area contributed by atoms with Crippen LogP contribution in [0.1, 0.15) is 38.2 Å². The summed E-state index contributed by atoms with van der Waals surface area (Å²) < 4.78 is 26.9. The molecule has 21 heavy (non-hydrogen) atoms. The van der Waals surface area contributed by atoms with Gasteiger partial charge in [0.15, 0.2) is 0 Å². The number of benzene rings is 1. The molecule has 1 saturated carbocycles. The quantitative estimate of drug-likeness (QED) is 0.908. The minimum absolute atomic E-state index is 0.0757. The summed E-state index contributed by atoms with van der Waals surface area (Å²) in [5.74, 6) is 0.704. The molecule has 0 radical (unpaired) electrons. The number of sulfonamides is 1. The van der Waals surface area contributed by atoms with Crippen molar-refractivity contribution >= 4 is 10.0 Å². The monoisotopic (exact) mass is 311 g/mol. The Bertz CT molecular complexity index is 545. The number of nitrogens with zero attached hydrogens (tertiary/aromatic N) is 1. The first-order valence-electron chi connectivity index (χ1n) is 7.63. The second-order valence-electron chi connectivity index (χ2n) is 6.05. The molecule has 1 aliphatic carbocycles. The smallest absolute Gasteiger partial charge is 0.243 e. The van der Waals surface area contributed by atoms with Crippen LogP contribution < -0.4 is 0 Å². The summed E-state index contributed by atoms with van der Waals surface area (Å²) >= 11 is 0. The van der Waals surface area contributed by atoms with Crippen molar-refractivity contribution in [1.82, 2.24) is 4.31 Å². The van der Waals surface area contributed by atoms with Crippen molar-refractivity contribution in [2.75, 3.05) is 13.7 Å². The number of aliphatic hydroxyl groups excluding tert-OH is 1. The molecule has 2 rings (SSSR count). The van der Waals surface area contributed by atoms with E-state index in [-0.39, 0.29) is 12.6 Å². The molecule has 0 aliphatic heterocycles. The Morgan fingerprint density at radius 1 is 1.14 bits per heavy atom. The van der Waals surface area contributed by atoms with Gasteiger partial charge >= 0.3 is 0 Å². The largest absolute Gasteiger partial charge is 0.396 e. The summed E-state index contributed by atoms with van der Waals surface area (Å²) in [4.78, 5) is 0.338. The van der Waals surface area contributed by atoms with Crippen LogP contribution in [0.15, 0.2) is 29.2 Å². The minimum Gasteiger partial charge on any atom is -0.396 e. The topological polar surface area (TPSA) is 57.6 Å². The maximum atomic E-state index is 12.7. The van der Waals surface area contributed by atoms with Crippen molar-refractivity contribution in [3.63, 3.8) is 0 Å². The number of hydrogen-bond acceptors (Lipinski definition) is 3. The second kappa shape index (κ2) is 6.90. The lowest BCUT2D eigenvalue weighted by Gasteiger charge is -2.32. The fourth-order valence-electron chi connectivity index (χ4n) is 2.93. The Hall–Kier alpha value is -0.910. The molecule has 1 aromatic rings. The Kier molecular flexibility index (Phi) is 5.41. The maximum absolute atomic E-state index is 12.7. The molecule has 0 amide bonds. The van der Waals surface area contributed by atoms with Gasteiger partial charge in [-0.05, 0) is 55.7 Å². The second-order valence-corrected chi connectivity index (χ2v) is 8.05. The molecule has 0 atom stereocenters. The lowest BCUT2D eigenvalue weighted by Crippen LogP contribution is -2.39. The van der Waals surface area contributed by atoms with E-state index in [1.54, 1.807) is 35.6 Å². The molecule has 0 heterocycles. The van der Waals surface area contributed by atoms with E-state index in [0.717, 1.165) is 31.2 Å². The summed E-state index contributed by atoms with van der Waals surface area (Å²) in [5.41, 5.74) is 0.950. The molecule has 1 aromatic carbocycles. The van der Waals surface area contributed by atoms with Crippen molar-refractivity contribution in [3.05, 3.63) is 29.8 Å². The molecule has 5 heteroatoms. The summed E-state index contributed by atoms with van der Waals surface area (Å²) in [6.45, 7) is 2.30. The summed E-state index contributed by atoms with van der Waals surface area (Å²) in [7, 11) is -1.72. The molecule has 0 aromatic heterocycles. The molecular weight excluding hydrogens is 286 g/mol. The number of hydrogen-bond donors (Lipinski definition) is 1. The van der Waals surface area contributed by atoms with E-state index in [1.807, 2.05) is 0 Å². The van der Waals surface area contributed by atoms with Gasteiger partial charge in [0.1, 0.15) is 0 Å². The SMILES string of the molecule is CC1CCC(N(C)S(=O)(=O)c2ccc(CCO)cc2)CC1. The summed E-state index contributed by atoms with van der Waals surface area (Å²) in [6, 6.07) is 6.95. The standard InChI is InChI=1S/C16H25NO3S/c1-13-3-7-15(8-4-13)17(2)21(19,20)16-9-5-14(6-10-16)11-12-18/h5-6,9-10,13,15,18H,3-4,7-8,11-12H2,1-2H3. The van der Waals surface area contributed by atoms with Gasteiger partial charge in [-0.3, -0.25) is 0 Å². The molecule has 1 fully saturated rings. The fourth-order valence-corrected chi connectivity index (χ4v) is 4.34. The van der Waals surface area contributed by atoms with Crippen LogP contribution in [0.2, 0.25) is 0 Å². The highest BCUT2D eigenvalue weighted by Crippen LogP contribution is 2.29. The highest BCUT2D eigenvalue weighted by atomic mass is 32.2. The number of aliphatic hydroxyl groups is 1. The van der Waals surface area contributed by atoms with Crippen molar-refractivity contribution in [3.8, 4) is 0 Å². The zero-order valence-corrected chi connectivity index (χ0v) is 13.6. The first-order chi connectivity index (χ1) is 9.95. The Morgan fingerprint density at radius 3 is 2.24 bits per heavy atom. The van der Waals surface area contributed by atoms with Crippen LogP contribution in [-0.2, 0) is 16.4 Å². The van der Waals surface area contributed by atoms with E-state index in [2.05, 4.69) is 6.92 Å². The van der Waals surface area contributed by atoms with Crippen LogP contribution in [0.3, 0.4) is 0 Å². The van der Waals surface area contributed by atoms with E-state index >= 15 is 0 Å². The molecule has 4 nitrogen and oxygen atoms in total. The average molecular weight is 311 g/mol. The van der Waals surface area contributed by atoms with Gasteiger partial charge in [-0.1, -0.05) is 19.1 Å². The van der Waals surface area contributed by atoms with Gasteiger partial charge in [0, 0.05) is 19.7 Å². The highest BCUT2D eigenvalue weighted by molar-refractivity contribution is 7.89. The molecular formula is C16H25NO3S. The van der Waals surface area contributed by atoms with E-state index in [0.29, 0.717) is 17.2 Å². The van der Waals surface area contributed by atoms with Gasteiger partial charge in [-0.15, -0.1) is 0 Å². The van der Waals surface area contributed by atoms with Crippen molar-refractivity contribution < 1.29 is 13.5 Å². The van der Waals surface area contributed by atoms with Gasteiger partial charge in [0.25, 0.3) is 0 Å². The van der Waals surface area contributed by atoms with Crippen LogP contribution in [0, 0.1) is 5.92 Å². The van der Waals surface area contributed by atoms with Crippen LogP contribution in [0.25, 0.3) is 0 Å². The molecule has 118 valence electrons. The van der Waals surface area contributed by atoms with Crippen molar-refractivity contribution in [2.24, 2.45) is 5.92 Å². The molecule has 0 saturated heterocycles. The van der Waals surface area contributed by atoms with Crippen LogP contribution in [0.5, 0.6) is 0 Å². The lowest BCUT2D eigenvalue weighted by molar-refractivity contribution is 0.246. The first-order valence-corrected chi connectivity index (χ1v) is 9.07. The van der Waals surface area contributed by atoms with Crippen molar-refractivity contribution in [2.45, 2.75) is 50.0 Å².